The quantitative estimate of drug-likeness (QED) is 0.812. The van der Waals surface area contributed by atoms with Crippen LogP contribution in [0.5, 0.6) is 5.75 Å². The predicted molar refractivity (Wildman–Crippen MR) is 93.5 cm³/mol. The Balaban J connectivity index is 2.10. The van der Waals surface area contributed by atoms with Gasteiger partial charge in [0.2, 0.25) is 0 Å². The molecule has 0 aliphatic carbocycles. The van der Waals surface area contributed by atoms with Crippen molar-refractivity contribution in [3.63, 3.8) is 0 Å². The summed E-state index contributed by atoms with van der Waals surface area (Å²) in [6.07, 6.45) is -0.629. The van der Waals surface area contributed by atoms with Crippen molar-refractivity contribution in [2.24, 2.45) is 0 Å². The van der Waals surface area contributed by atoms with Gasteiger partial charge in [-0.25, -0.2) is 0 Å². The minimum Gasteiger partial charge on any atom is -0.481 e. The van der Waals surface area contributed by atoms with Crippen molar-refractivity contribution in [3.8, 4) is 11.8 Å². The third-order valence-electron chi connectivity index (χ3n) is 3.49. The minimum absolute atomic E-state index is 0.139. The maximum absolute atomic E-state index is 12.5. The normalized spacial score (nSPS) is 11.4. The molecule has 0 N–H and O–H groups in total. The van der Waals surface area contributed by atoms with Gasteiger partial charge in [-0.15, -0.1) is 0 Å². The van der Waals surface area contributed by atoms with E-state index < -0.39 is 6.10 Å². The molecule has 2 rings (SSSR count). The van der Waals surface area contributed by atoms with Crippen LogP contribution in [0.2, 0.25) is 0 Å². The highest BCUT2D eigenvalue weighted by atomic mass is 79.9. The zero-order chi connectivity index (χ0) is 17.0. The molecule has 1 unspecified atom stereocenters. The molecule has 0 aliphatic rings. The molecular formula is C18H17BrN2O2. The van der Waals surface area contributed by atoms with E-state index in [1.807, 2.05) is 31.2 Å². The number of nitrogens with zero attached hydrogens (tertiary/aromatic N) is 2. The van der Waals surface area contributed by atoms with Gasteiger partial charge in [-0.2, -0.15) is 5.26 Å². The topological polar surface area (TPSA) is 53.3 Å². The van der Waals surface area contributed by atoms with Crippen LogP contribution in [0.4, 0.5) is 5.69 Å². The largest absolute Gasteiger partial charge is 0.481 e. The lowest BCUT2D eigenvalue weighted by molar-refractivity contribution is -0.124. The van der Waals surface area contributed by atoms with Crippen LogP contribution in [0.3, 0.4) is 0 Å². The summed E-state index contributed by atoms with van der Waals surface area (Å²) in [5.41, 5.74) is 2.40. The molecule has 2 aromatic carbocycles. The number of anilines is 1. The molecule has 0 saturated carbocycles. The van der Waals surface area contributed by atoms with Gasteiger partial charge in [-0.1, -0.05) is 15.9 Å². The fraction of sp³-hybridized carbons (Fsp3) is 0.222. The molecule has 0 radical (unpaired) electrons. The van der Waals surface area contributed by atoms with Crippen molar-refractivity contribution in [1.82, 2.24) is 0 Å². The molecule has 1 atom stereocenters. The van der Waals surface area contributed by atoms with Crippen molar-refractivity contribution < 1.29 is 9.53 Å². The standard InChI is InChI=1S/C18H17BrN2O2/c1-12-10-15(19)6-9-17(12)21(3)18(22)13(2)23-16-7-4-14(11-20)5-8-16/h4-10,13H,1-3H3. The van der Waals surface area contributed by atoms with Crippen LogP contribution in [-0.4, -0.2) is 19.1 Å². The lowest BCUT2D eigenvalue weighted by atomic mass is 10.1. The van der Waals surface area contributed by atoms with Gasteiger partial charge in [0.1, 0.15) is 5.75 Å². The van der Waals surface area contributed by atoms with Crippen LogP contribution in [-0.2, 0) is 4.79 Å². The summed E-state index contributed by atoms with van der Waals surface area (Å²) in [7, 11) is 1.73. The molecule has 23 heavy (non-hydrogen) atoms. The second-order valence-corrected chi connectivity index (χ2v) is 6.14. The van der Waals surface area contributed by atoms with Crippen molar-refractivity contribution in [2.75, 3.05) is 11.9 Å². The van der Waals surface area contributed by atoms with Gasteiger partial charge in [0, 0.05) is 17.2 Å². The first-order valence-corrected chi connectivity index (χ1v) is 7.92. The first-order valence-electron chi connectivity index (χ1n) is 7.13. The lowest BCUT2D eigenvalue weighted by Gasteiger charge is -2.23. The second kappa shape index (κ2) is 7.30. The van der Waals surface area contributed by atoms with Crippen LogP contribution in [0.15, 0.2) is 46.9 Å². The molecule has 5 heteroatoms. The molecular weight excluding hydrogens is 356 g/mol. The van der Waals surface area contributed by atoms with E-state index in [1.54, 1.807) is 43.1 Å². The minimum atomic E-state index is -0.629. The summed E-state index contributed by atoms with van der Waals surface area (Å²) in [6, 6.07) is 14.5. The Labute approximate surface area is 144 Å². The second-order valence-electron chi connectivity index (χ2n) is 5.22. The Morgan fingerprint density at radius 2 is 1.91 bits per heavy atom. The molecule has 0 heterocycles. The highest BCUT2D eigenvalue weighted by Crippen LogP contribution is 2.24. The molecule has 0 fully saturated rings. The number of halogens is 1. The van der Waals surface area contributed by atoms with Gasteiger partial charge in [-0.05, 0) is 61.9 Å². The smallest absolute Gasteiger partial charge is 0.267 e. The zero-order valence-corrected chi connectivity index (χ0v) is 14.8. The van der Waals surface area contributed by atoms with E-state index in [-0.39, 0.29) is 5.91 Å². The molecule has 4 nitrogen and oxygen atoms in total. The predicted octanol–water partition coefficient (Wildman–Crippen LogP) is 4.06. The van der Waals surface area contributed by atoms with Crippen molar-refractivity contribution in [3.05, 3.63) is 58.1 Å². The fourth-order valence-electron chi connectivity index (χ4n) is 2.25. The van der Waals surface area contributed by atoms with E-state index in [1.165, 1.54) is 0 Å². The Morgan fingerprint density at radius 3 is 2.48 bits per heavy atom. The summed E-state index contributed by atoms with van der Waals surface area (Å²) < 4.78 is 6.65. The average molecular weight is 373 g/mol. The highest BCUT2D eigenvalue weighted by Gasteiger charge is 2.21. The Kier molecular flexibility index (Phi) is 5.41. The maximum Gasteiger partial charge on any atom is 0.267 e. The number of carbonyl (C=O) groups is 1. The molecule has 118 valence electrons. The van der Waals surface area contributed by atoms with Gasteiger partial charge in [-0.3, -0.25) is 4.79 Å². The number of hydrogen-bond donors (Lipinski definition) is 0. The number of likely N-dealkylation sites (N-methyl/N-ethyl adjacent to an activating group) is 1. The fourth-order valence-corrected chi connectivity index (χ4v) is 2.72. The molecule has 0 aromatic heterocycles. The number of carbonyl (C=O) groups excluding carboxylic acids is 1. The van der Waals surface area contributed by atoms with Gasteiger partial charge >= 0.3 is 0 Å². The van der Waals surface area contributed by atoms with Crippen LogP contribution in [0.25, 0.3) is 0 Å². The van der Waals surface area contributed by atoms with Crippen LogP contribution < -0.4 is 9.64 Å². The summed E-state index contributed by atoms with van der Waals surface area (Å²) in [5, 5.41) is 8.79. The summed E-state index contributed by atoms with van der Waals surface area (Å²) in [4.78, 5) is 14.1. The van der Waals surface area contributed by atoms with Crippen molar-refractivity contribution in [2.45, 2.75) is 20.0 Å². The van der Waals surface area contributed by atoms with Crippen LogP contribution in [0, 0.1) is 18.3 Å². The van der Waals surface area contributed by atoms with E-state index in [2.05, 4.69) is 15.9 Å². The number of nitriles is 1. The van der Waals surface area contributed by atoms with Gasteiger partial charge in [0.05, 0.1) is 11.6 Å². The molecule has 0 saturated heterocycles. The number of rotatable bonds is 4. The number of ether oxygens (including phenoxy) is 1. The van der Waals surface area contributed by atoms with Gasteiger partial charge < -0.3 is 9.64 Å². The van der Waals surface area contributed by atoms with E-state index >= 15 is 0 Å². The Hall–Kier alpha value is -2.32. The number of hydrogen-bond acceptors (Lipinski definition) is 3. The molecule has 0 spiro atoms. The number of amides is 1. The Bertz CT molecular complexity index is 751. The van der Waals surface area contributed by atoms with E-state index in [9.17, 15) is 4.79 Å². The number of aryl methyl sites for hydroxylation is 1. The first kappa shape index (κ1) is 17.0. The van der Waals surface area contributed by atoms with Crippen molar-refractivity contribution >= 4 is 27.5 Å². The first-order chi connectivity index (χ1) is 10.9. The van der Waals surface area contributed by atoms with Gasteiger partial charge in [0.25, 0.3) is 5.91 Å². The van der Waals surface area contributed by atoms with E-state index in [4.69, 9.17) is 10.00 Å². The van der Waals surface area contributed by atoms with E-state index in [0.29, 0.717) is 11.3 Å². The molecule has 0 bridgehead atoms. The molecule has 1 amide bonds. The molecule has 2 aromatic rings. The average Bonchev–Trinajstić information content (AvgIpc) is 2.54. The number of benzene rings is 2. The zero-order valence-electron chi connectivity index (χ0n) is 13.2. The summed E-state index contributed by atoms with van der Waals surface area (Å²) in [5.74, 6) is 0.422. The SMILES string of the molecule is Cc1cc(Br)ccc1N(C)C(=O)C(C)Oc1ccc(C#N)cc1. The third kappa shape index (κ3) is 4.11. The summed E-state index contributed by atoms with van der Waals surface area (Å²) in [6.45, 7) is 3.67. The Morgan fingerprint density at radius 1 is 1.26 bits per heavy atom. The van der Waals surface area contributed by atoms with E-state index in [0.717, 1.165) is 15.7 Å². The highest BCUT2D eigenvalue weighted by molar-refractivity contribution is 9.10. The molecule has 0 aliphatic heterocycles. The summed E-state index contributed by atoms with van der Waals surface area (Å²) >= 11 is 3.42. The monoisotopic (exact) mass is 372 g/mol. The van der Waals surface area contributed by atoms with Gasteiger partial charge in [0.15, 0.2) is 6.10 Å². The third-order valence-corrected chi connectivity index (χ3v) is 3.99. The van der Waals surface area contributed by atoms with Crippen LogP contribution >= 0.6 is 15.9 Å². The maximum atomic E-state index is 12.5. The van der Waals surface area contributed by atoms with Crippen LogP contribution in [0.1, 0.15) is 18.1 Å². The van der Waals surface area contributed by atoms with Crippen molar-refractivity contribution in [1.29, 1.82) is 5.26 Å². The lowest BCUT2D eigenvalue weighted by Crippen LogP contribution is -2.38.